The van der Waals surface area contributed by atoms with Crippen molar-refractivity contribution in [3.05, 3.63) is 41.1 Å². The zero-order valence-corrected chi connectivity index (χ0v) is 20.0. The molecular weight excluding hydrogens is 460 g/mol. The van der Waals surface area contributed by atoms with Gasteiger partial charge in [0.2, 0.25) is 17.6 Å². The van der Waals surface area contributed by atoms with Crippen LogP contribution >= 0.6 is 11.3 Å². The zero-order chi connectivity index (χ0) is 24.1. The van der Waals surface area contributed by atoms with Crippen LogP contribution < -0.4 is 14.8 Å². The second-order valence-electron chi connectivity index (χ2n) is 7.80. The molecule has 1 aliphatic rings. The Kier molecular flexibility index (Phi) is 7.43. The molecule has 1 amide bonds. The molecule has 3 heterocycles. The fraction of sp³-hybridized carbons (Fsp3) is 0.391. The van der Waals surface area contributed by atoms with Crippen LogP contribution in [-0.2, 0) is 16.1 Å². The molecule has 1 atom stereocenters. The van der Waals surface area contributed by atoms with Crippen molar-refractivity contribution in [1.82, 2.24) is 15.0 Å². The van der Waals surface area contributed by atoms with Crippen molar-refractivity contribution in [1.29, 1.82) is 0 Å². The van der Waals surface area contributed by atoms with Gasteiger partial charge in [-0.2, -0.15) is 4.98 Å². The first-order valence-electron chi connectivity index (χ1n) is 10.8. The Morgan fingerprint density at radius 3 is 2.74 bits per heavy atom. The predicted molar refractivity (Wildman–Crippen MR) is 125 cm³/mol. The molecular formula is C23H26N4O6S. The number of esters is 1. The minimum atomic E-state index is -0.584. The Labute approximate surface area is 200 Å². The number of aromatic nitrogens is 2. The first-order valence-corrected chi connectivity index (χ1v) is 11.6. The first-order chi connectivity index (χ1) is 16.5. The molecule has 1 N–H and O–H groups in total. The van der Waals surface area contributed by atoms with E-state index < -0.39 is 5.97 Å². The lowest BCUT2D eigenvalue weighted by Gasteiger charge is -2.31. The third kappa shape index (κ3) is 5.20. The molecule has 4 rings (SSSR count). The molecule has 0 aliphatic carbocycles. The molecule has 10 nitrogen and oxygen atoms in total. The monoisotopic (exact) mass is 486 g/mol. The molecule has 0 bridgehead atoms. The summed E-state index contributed by atoms with van der Waals surface area (Å²) in [6, 6.07) is 6.94. The highest BCUT2D eigenvalue weighted by Gasteiger charge is 2.28. The number of methoxy groups -OCH3 is 3. The van der Waals surface area contributed by atoms with Gasteiger partial charge in [-0.25, -0.2) is 4.79 Å². The number of carbonyl (C=O) groups excluding carboxylic acids is 2. The van der Waals surface area contributed by atoms with Gasteiger partial charge in [-0.15, -0.1) is 11.3 Å². The van der Waals surface area contributed by atoms with Crippen molar-refractivity contribution < 1.29 is 28.3 Å². The number of amides is 1. The van der Waals surface area contributed by atoms with Gasteiger partial charge in [0, 0.05) is 18.7 Å². The number of carbonyl (C=O) groups is 2. The molecule has 0 radical (unpaired) electrons. The van der Waals surface area contributed by atoms with Crippen LogP contribution in [0.2, 0.25) is 0 Å². The van der Waals surface area contributed by atoms with E-state index in [9.17, 15) is 9.59 Å². The standard InChI is InChI=1S/C23H26N4O6S/c1-30-17-10-15(23(29)32-3)16(11-18(17)31-2)24-22(28)14-6-4-8-27(12-14)13-20-25-21(26-33-20)19-7-5-9-34-19/h5,7,9-11,14H,4,6,8,12-13H2,1-3H3,(H,24,28). The first kappa shape index (κ1) is 23.7. The molecule has 1 saturated heterocycles. The fourth-order valence-corrected chi connectivity index (χ4v) is 4.57. The molecule has 0 saturated carbocycles. The molecule has 1 unspecified atom stereocenters. The van der Waals surface area contributed by atoms with E-state index in [0.29, 0.717) is 42.0 Å². The van der Waals surface area contributed by atoms with Gasteiger partial charge >= 0.3 is 5.97 Å². The Balaban J connectivity index is 1.45. The molecule has 0 spiro atoms. The van der Waals surface area contributed by atoms with Gasteiger partial charge in [0.25, 0.3) is 0 Å². The van der Waals surface area contributed by atoms with Crippen molar-refractivity contribution in [3.8, 4) is 22.2 Å². The average Bonchev–Trinajstić information content (AvgIpc) is 3.55. The minimum Gasteiger partial charge on any atom is -0.493 e. The van der Waals surface area contributed by atoms with Crippen molar-refractivity contribution in [2.24, 2.45) is 5.92 Å². The van der Waals surface area contributed by atoms with Crippen LogP contribution in [0.5, 0.6) is 11.5 Å². The number of anilines is 1. The van der Waals surface area contributed by atoms with E-state index in [4.69, 9.17) is 18.7 Å². The summed E-state index contributed by atoms with van der Waals surface area (Å²) in [4.78, 5) is 33.0. The number of hydrogen-bond donors (Lipinski definition) is 1. The molecule has 1 aliphatic heterocycles. The molecule has 180 valence electrons. The predicted octanol–water partition coefficient (Wildman–Crippen LogP) is 3.45. The van der Waals surface area contributed by atoms with E-state index in [0.717, 1.165) is 24.3 Å². The number of ether oxygens (including phenoxy) is 3. The Morgan fingerprint density at radius 1 is 1.24 bits per heavy atom. The summed E-state index contributed by atoms with van der Waals surface area (Å²) in [5.74, 6) is 0.802. The summed E-state index contributed by atoms with van der Waals surface area (Å²) < 4.78 is 20.9. The lowest BCUT2D eigenvalue weighted by molar-refractivity contribution is -0.121. The zero-order valence-electron chi connectivity index (χ0n) is 19.2. The fourth-order valence-electron chi connectivity index (χ4n) is 3.93. The highest BCUT2D eigenvalue weighted by atomic mass is 32.1. The average molecular weight is 487 g/mol. The number of nitrogens with one attached hydrogen (secondary N) is 1. The van der Waals surface area contributed by atoms with E-state index in [2.05, 4.69) is 20.4 Å². The van der Waals surface area contributed by atoms with Gasteiger partial charge in [0.05, 0.1) is 49.9 Å². The normalized spacial score (nSPS) is 16.1. The van der Waals surface area contributed by atoms with Crippen LogP contribution in [0.1, 0.15) is 29.1 Å². The number of nitrogens with zero attached hydrogens (tertiary/aromatic N) is 3. The molecule has 34 heavy (non-hydrogen) atoms. The van der Waals surface area contributed by atoms with Crippen LogP contribution in [0.25, 0.3) is 10.7 Å². The lowest BCUT2D eigenvalue weighted by atomic mass is 9.96. The van der Waals surface area contributed by atoms with Crippen molar-refractivity contribution in [2.75, 3.05) is 39.7 Å². The Morgan fingerprint density at radius 2 is 2.03 bits per heavy atom. The topological polar surface area (TPSA) is 116 Å². The van der Waals surface area contributed by atoms with Gasteiger partial charge < -0.3 is 24.1 Å². The summed E-state index contributed by atoms with van der Waals surface area (Å²) in [6.45, 7) is 1.82. The third-order valence-electron chi connectivity index (χ3n) is 5.63. The van der Waals surface area contributed by atoms with Crippen molar-refractivity contribution in [3.63, 3.8) is 0 Å². The highest BCUT2D eigenvalue weighted by molar-refractivity contribution is 7.13. The third-order valence-corrected chi connectivity index (χ3v) is 6.50. The van der Waals surface area contributed by atoms with Crippen LogP contribution in [-0.4, -0.2) is 61.3 Å². The number of likely N-dealkylation sites (tertiary alicyclic amines) is 1. The summed E-state index contributed by atoms with van der Waals surface area (Å²) >= 11 is 1.55. The van der Waals surface area contributed by atoms with E-state index >= 15 is 0 Å². The number of thiophene rings is 1. The van der Waals surface area contributed by atoms with Gasteiger partial charge in [-0.3, -0.25) is 9.69 Å². The lowest BCUT2D eigenvalue weighted by Crippen LogP contribution is -2.40. The van der Waals surface area contributed by atoms with Gasteiger partial charge in [0.15, 0.2) is 11.5 Å². The van der Waals surface area contributed by atoms with Gasteiger partial charge in [-0.05, 0) is 30.8 Å². The van der Waals surface area contributed by atoms with Gasteiger partial charge in [0.1, 0.15) is 0 Å². The smallest absolute Gasteiger partial charge is 0.340 e. The Bertz CT molecular complexity index is 1150. The maximum absolute atomic E-state index is 13.1. The molecule has 1 fully saturated rings. The van der Waals surface area contributed by atoms with E-state index in [1.807, 2.05) is 17.5 Å². The van der Waals surface area contributed by atoms with Gasteiger partial charge in [-0.1, -0.05) is 11.2 Å². The number of benzene rings is 1. The summed E-state index contributed by atoms with van der Waals surface area (Å²) in [6.07, 6.45) is 1.58. The minimum absolute atomic E-state index is 0.188. The van der Waals surface area contributed by atoms with E-state index in [1.165, 1.54) is 27.4 Å². The highest BCUT2D eigenvalue weighted by Crippen LogP contribution is 2.34. The van der Waals surface area contributed by atoms with E-state index in [-0.39, 0.29) is 17.4 Å². The summed E-state index contributed by atoms with van der Waals surface area (Å²) in [5, 5.41) is 8.89. The van der Waals surface area contributed by atoms with Crippen LogP contribution in [0.3, 0.4) is 0 Å². The second kappa shape index (κ2) is 10.7. The van der Waals surface area contributed by atoms with Crippen LogP contribution in [0.15, 0.2) is 34.2 Å². The number of piperidine rings is 1. The van der Waals surface area contributed by atoms with Crippen LogP contribution in [0.4, 0.5) is 5.69 Å². The number of rotatable bonds is 8. The summed E-state index contributed by atoms with van der Waals surface area (Å²) in [5.41, 5.74) is 0.497. The quantitative estimate of drug-likeness (QED) is 0.478. The Hall–Kier alpha value is -3.44. The maximum atomic E-state index is 13.1. The van der Waals surface area contributed by atoms with E-state index in [1.54, 1.807) is 17.4 Å². The van der Waals surface area contributed by atoms with Crippen LogP contribution in [0, 0.1) is 5.92 Å². The summed E-state index contributed by atoms with van der Waals surface area (Å²) in [7, 11) is 4.24. The molecule has 3 aromatic rings. The second-order valence-corrected chi connectivity index (χ2v) is 8.74. The SMILES string of the molecule is COC(=O)c1cc(OC)c(OC)cc1NC(=O)C1CCCN(Cc2nc(-c3cccs3)no2)C1. The van der Waals surface area contributed by atoms with Crippen molar-refractivity contribution in [2.45, 2.75) is 19.4 Å². The number of hydrogen-bond acceptors (Lipinski definition) is 10. The molecule has 1 aromatic carbocycles. The molecule has 11 heteroatoms. The molecule has 2 aromatic heterocycles. The maximum Gasteiger partial charge on any atom is 0.340 e. The largest absolute Gasteiger partial charge is 0.493 e. The van der Waals surface area contributed by atoms with Crippen molar-refractivity contribution >= 4 is 28.9 Å².